The fourth-order valence-electron chi connectivity index (χ4n) is 5.32. The molecule has 0 unspecified atom stereocenters. The van der Waals surface area contributed by atoms with Gasteiger partial charge in [-0.25, -0.2) is 13.2 Å². The zero-order chi connectivity index (χ0) is 33.0. The summed E-state index contributed by atoms with van der Waals surface area (Å²) in [6.07, 6.45) is -5.08. The van der Waals surface area contributed by atoms with Gasteiger partial charge in [-0.2, -0.15) is 17.5 Å². The number of aliphatic carboxylic acids is 1. The molecule has 2 fully saturated rings. The lowest BCUT2D eigenvalue weighted by Gasteiger charge is -2.30. The lowest BCUT2D eigenvalue weighted by molar-refractivity contribution is -0.192. The summed E-state index contributed by atoms with van der Waals surface area (Å²) in [6, 6.07) is 14.3. The molecule has 0 aromatic heterocycles. The van der Waals surface area contributed by atoms with E-state index in [-0.39, 0.29) is 24.5 Å². The van der Waals surface area contributed by atoms with E-state index < -0.39 is 63.4 Å². The first-order valence-corrected chi connectivity index (χ1v) is 14.7. The zero-order valence-electron chi connectivity index (χ0n) is 24.2. The summed E-state index contributed by atoms with van der Waals surface area (Å²) in [5.74, 6) is -5.81. The fourth-order valence-corrected chi connectivity index (χ4v) is 6.80. The molecule has 44 heavy (non-hydrogen) atoms. The molecule has 2 aromatic carbocycles. The maximum Gasteiger partial charge on any atom is 0.490 e. The number of halogens is 3. The van der Waals surface area contributed by atoms with Crippen LogP contribution in [-0.2, 0) is 40.5 Å². The van der Waals surface area contributed by atoms with Gasteiger partial charge in [0.25, 0.3) is 0 Å². The normalized spacial score (nSPS) is 23.2. The van der Waals surface area contributed by atoms with Crippen LogP contribution in [0.1, 0.15) is 19.4 Å². The molecule has 0 saturated carbocycles. The monoisotopic (exact) mass is 643 g/mol. The predicted octanol–water partition coefficient (Wildman–Crippen LogP) is 2.04. The summed E-state index contributed by atoms with van der Waals surface area (Å²) in [7, 11) is -1.23. The number of likely N-dealkylation sites (N-methyl/N-ethyl adjacent to an activating group) is 1. The molecule has 0 aliphatic carbocycles. The lowest BCUT2D eigenvalue weighted by Crippen LogP contribution is -2.56. The Morgan fingerprint density at radius 3 is 2.09 bits per heavy atom. The van der Waals surface area contributed by atoms with Crippen molar-refractivity contribution in [3.05, 3.63) is 60.2 Å². The number of sulfonamides is 1. The molecule has 240 valence electrons. The molecular weight excluding hydrogens is 611 g/mol. The van der Waals surface area contributed by atoms with E-state index in [0.29, 0.717) is 5.75 Å². The number of carbonyl (C=O) groups excluding carboxylic acids is 3. The van der Waals surface area contributed by atoms with E-state index >= 15 is 0 Å². The third-order valence-electron chi connectivity index (χ3n) is 7.47. The van der Waals surface area contributed by atoms with Crippen molar-refractivity contribution in [3.63, 3.8) is 0 Å². The molecule has 2 heterocycles. The highest BCUT2D eigenvalue weighted by Gasteiger charge is 2.66. The third-order valence-corrected chi connectivity index (χ3v) is 9.42. The second-order valence-electron chi connectivity index (χ2n) is 10.1. The minimum absolute atomic E-state index is 0.0666. The Hall–Kier alpha value is -4.02. The summed E-state index contributed by atoms with van der Waals surface area (Å²) in [6.45, 7) is 3.29. The van der Waals surface area contributed by atoms with Gasteiger partial charge in [0, 0.05) is 19.1 Å². The Kier molecular flexibility index (Phi) is 10.4. The number of carbonyl (C=O) groups is 4. The number of nitrogens with one attached hydrogen (secondary N) is 1. The van der Waals surface area contributed by atoms with E-state index in [4.69, 9.17) is 19.4 Å². The van der Waals surface area contributed by atoms with Gasteiger partial charge in [-0.3, -0.25) is 24.6 Å². The fraction of sp³-hybridized carbons (Fsp3) is 0.429. The molecule has 0 radical (unpaired) electrons. The van der Waals surface area contributed by atoms with E-state index in [1.807, 2.05) is 30.3 Å². The van der Waals surface area contributed by atoms with Crippen molar-refractivity contribution in [2.24, 2.45) is 11.8 Å². The SMILES string of the molecule is CCN(C[C@H]1N[C@@](C)(C(=O)OC)[C@H]2C(=O)N(Cc3ccccc3)C(=O)[C@@H]12)S(=O)(=O)c1ccc(OC)cc1.O=C(O)C(F)(F)F. The third kappa shape index (κ3) is 6.87. The highest BCUT2D eigenvalue weighted by Crippen LogP contribution is 2.44. The van der Waals surface area contributed by atoms with Crippen LogP contribution in [0.15, 0.2) is 59.5 Å². The second-order valence-corrected chi connectivity index (χ2v) is 12.1. The van der Waals surface area contributed by atoms with E-state index in [1.165, 1.54) is 37.6 Å². The van der Waals surface area contributed by atoms with Gasteiger partial charge in [0.1, 0.15) is 11.3 Å². The molecule has 4 atom stereocenters. The first-order chi connectivity index (χ1) is 20.5. The number of alkyl halides is 3. The molecule has 12 nitrogen and oxygen atoms in total. The number of benzene rings is 2. The van der Waals surface area contributed by atoms with E-state index in [0.717, 1.165) is 10.5 Å². The number of esters is 1. The Bertz CT molecular complexity index is 1490. The average Bonchev–Trinajstić information content (AvgIpc) is 3.43. The summed E-state index contributed by atoms with van der Waals surface area (Å²) < 4.78 is 70.0. The first-order valence-electron chi connectivity index (χ1n) is 13.2. The molecule has 2 aliphatic rings. The van der Waals surface area contributed by atoms with Crippen molar-refractivity contribution in [1.29, 1.82) is 0 Å². The second kappa shape index (κ2) is 13.3. The molecule has 0 bridgehead atoms. The number of ether oxygens (including phenoxy) is 2. The van der Waals surface area contributed by atoms with Crippen LogP contribution in [0.5, 0.6) is 5.75 Å². The van der Waals surface area contributed by atoms with Crippen LogP contribution in [-0.4, -0.2) is 91.5 Å². The van der Waals surface area contributed by atoms with E-state index in [1.54, 1.807) is 19.1 Å². The molecule has 16 heteroatoms. The van der Waals surface area contributed by atoms with Gasteiger partial charge in [0.15, 0.2) is 0 Å². The number of imide groups is 1. The number of nitrogens with zero attached hydrogens (tertiary/aromatic N) is 2. The number of carboxylic acid groups (broad SMARTS) is 1. The Morgan fingerprint density at radius 2 is 1.61 bits per heavy atom. The van der Waals surface area contributed by atoms with Crippen LogP contribution >= 0.6 is 0 Å². The van der Waals surface area contributed by atoms with E-state index in [2.05, 4.69) is 5.32 Å². The van der Waals surface area contributed by atoms with Gasteiger partial charge in [0.2, 0.25) is 21.8 Å². The molecule has 2 saturated heterocycles. The van der Waals surface area contributed by atoms with Crippen LogP contribution in [0.3, 0.4) is 0 Å². The van der Waals surface area contributed by atoms with Gasteiger partial charge in [-0.1, -0.05) is 37.3 Å². The Labute approximate surface area is 251 Å². The molecular formula is C28H32F3N3O9S. The highest BCUT2D eigenvalue weighted by atomic mass is 32.2. The molecule has 4 rings (SSSR count). The topological polar surface area (TPSA) is 160 Å². The van der Waals surface area contributed by atoms with Crippen molar-refractivity contribution < 1.29 is 55.3 Å². The molecule has 0 spiro atoms. The van der Waals surface area contributed by atoms with Gasteiger partial charge in [-0.05, 0) is 36.8 Å². The number of methoxy groups -OCH3 is 2. The number of carboxylic acids is 1. The zero-order valence-corrected chi connectivity index (χ0v) is 25.0. The van der Waals surface area contributed by atoms with Crippen LogP contribution in [0.25, 0.3) is 0 Å². The lowest BCUT2D eigenvalue weighted by atomic mass is 9.81. The number of hydrogen-bond donors (Lipinski definition) is 2. The van der Waals surface area contributed by atoms with Crippen molar-refractivity contribution in [2.45, 2.75) is 43.0 Å². The number of fused-ring (bicyclic) bond motifs is 1. The highest BCUT2D eigenvalue weighted by molar-refractivity contribution is 7.89. The number of rotatable bonds is 9. The van der Waals surface area contributed by atoms with Crippen LogP contribution in [0, 0.1) is 11.8 Å². The number of likely N-dealkylation sites (tertiary alicyclic amines) is 1. The van der Waals surface area contributed by atoms with Crippen molar-refractivity contribution >= 4 is 33.8 Å². The Balaban J connectivity index is 0.000000676. The van der Waals surface area contributed by atoms with Gasteiger partial charge in [0.05, 0.1) is 37.5 Å². The maximum atomic E-state index is 13.6. The summed E-state index contributed by atoms with van der Waals surface area (Å²) >= 11 is 0. The maximum absolute atomic E-state index is 13.6. The molecule has 2 aromatic rings. The number of hydrogen-bond acceptors (Lipinski definition) is 9. The molecule has 2 aliphatic heterocycles. The minimum Gasteiger partial charge on any atom is -0.497 e. The van der Waals surface area contributed by atoms with Gasteiger partial charge in [-0.15, -0.1) is 0 Å². The van der Waals surface area contributed by atoms with Crippen LogP contribution in [0.4, 0.5) is 13.2 Å². The summed E-state index contributed by atoms with van der Waals surface area (Å²) in [4.78, 5) is 50.1. The van der Waals surface area contributed by atoms with Gasteiger partial charge < -0.3 is 14.6 Å². The molecule has 2 N–H and O–H groups in total. The quantitative estimate of drug-likeness (QED) is 0.306. The standard InChI is InChI=1S/C26H31N3O7S.C2HF3O2/c1-5-28(37(33,34)19-13-11-18(35-3)12-14-19)16-20-21-22(26(2,27-20)25(32)36-4)24(31)29(23(21)30)15-17-9-7-6-8-10-17;3-2(4,5)1(6)7/h6-14,20-22,27H,5,15-16H2,1-4H3;(H,6,7)/t20-,21+,22-,26-;/m1./s1. The van der Waals surface area contributed by atoms with Crippen LogP contribution in [0.2, 0.25) is 0 Å². The van der Waals surface area contributed by atoms with Gasteiger partial charge >= 0.3 is 18.1 Å². The van der Waals surface area contributed by atoms with E-state index in [9.17, 15) is 36.0 Å². The average molecular weight is 644 g/mol. The Morgan fingerprint density at radius 1 is 1.05 bits per heavy atom. The minimum atomic E-state index is -5.08. The van der Waals surface area contributed by atoms with Crippen molar-refractivity contribution in [3.8, 4) is 5.75 Å². The van der Waals surface area contributed by atoms with Crippen molar-refractivity contribution in [1.82, 2.24) is 14.5 Å². The number of amides is 2. The smallest absolute Gasteiger partial charge is 0.490 e. The van der Waals surface area contributed by atoms with Crippen molar-refractivity contribution in [2.75, 3.05) is 27.3 Å². The summed E-state index contributed by atoms with van der Waals surface area (Å²) in [5.41, 5.74) is -0.725. The summed E-state index contributed by atoms with van der Waals surface area (Å²) in [5, 5.41) is 10.2. The first kappa shape index (κ1) is 34.5. The largest absolute Gasteiger partial charge is 0.497 e. The molecule has 2 amide bonds. The predicted molar refractivity (Wildman–Crippen MR) is 147 cm³/mol. The van der Waals surface area contributed by atoms with Crippen LogP contribution < -0.4 is 10.1 Å².